The summed E-state index contributed by atoms with van der Waals surface area (Å²) >= 11 is 8.80. The molecule has 4 nitrogen and oxygen atoms in total. The molecule has 3 rings (SSSR count). The van der Waals surface area contributed by atoms with Crippen LogP contribution in [0.3, 0.4) is 0 Å². The van der Waals surface area contributed by atoms with Gasteiger partial charge in [-0.25, -0.2) is 4.98 Å². The molecule has 0 spiro atoms. The van der Waals surface area contributed by atoms with E-state index in [2.05, 4.69) is 30.5 Å². The van der Waals surface area contributed by atoms with E-state index in [-0.39, 0.29) is 0 Å². The van der Waals surface area contributed by atoms with Crippen molar-refractivity contribution < 1.29 is 4.74 Å². The summed E-state index contributed by atoms with van der Waals surface area (Å²) in [4.78, 5) is 7.66. The Labute approximate surface area is 112 Å². The van der Waals surface area contributed by atoms with Gasteiger partial charge in [-0.05, 0) is 47.1 Å². The molecule has 1 N–H and O–H groups in total. The predicted octanol–water partition coefficient (Wildman–Crippen LogP) is 3.21. The van der Waals surface area contributed by atoms with Crippen LogP contribution in [0.1, 0.15) is 18.9 Å². The highest BCUT2D eigenvalue weighted by Crippen LogP contribution is 2.26. The second kappa shape index (κ2) is 4.51. The summed E-state index contributed by atoms with van der Waals surface area (Å²) in [5.74, 6) is 0. The molecule has 2 aromatic heterocycles. The van der Waals surface area contributed by atoms with E-state index >= 15 is 0 Å². The summed E-state index contributed by atoms with van der Waals surface area (Å²) in [6.07, 6.45) is 3.80. The average molecular weight is 314 g/mol. The van der Waals surface area contributed by atoms with Crippen molar-refractivity contribution in [3.8, 4) is 0 Å². The van der Waals surface area contributed by atoms with Gasteiger partial charge in [-0.1, -0.05) is 0 Å². The number of rotatable bonds is 1. The van der Waals surface area contributed by atoms with Crippen LogP contribution in [0.25, 0.3) is 11.2 Å². The first kappa shape index (κ1) is 11.4. The van der Waals surface area contributed by atoms with Gasteiger partial charge in [-0.2, -0.15) is 0 Å². The van der Waals surface area contributed by atoms with Gasteiger partial charge in [0.15, 0.2) is 10.4 Å². The fourth-order valence-electron chi connectivity index (χ4n) is 2.27. The normalized spacial score (nSPS) is 17.7. The molecular weight excluding hydrogens is 302 g/mol. The standard InChI is InChI=1S/C11H12BrN3OS/c12-7-5-9-10(13-6-7)15(11(17)14-9)8-1-3-16-4-2-8/h5-6,8H,1-4H2,(H,14,17). The van der Waals surface area contributed by atoms with Crippen molar-refractivity contribution in [2.75, 3.05) is 13.2 Å². The zero-order valence-corrected chi connectivity index (χ0v) is 11.6. The molecule has 0 saturated carbocycles. The van der Waals surface area contributed by atoms with Crippen LogP contribution in [0.5, 0.6) is 0 Å². The van der Waals surface area contributed by atoms with Crippen molar-refractivity contribution in [3.63, 3.8) is 0 Å². The first-order valence-corrected chi connectivity index (χ1v) is 6.79. The molecule has 6 heteroatoms. The van der Waals surface area contributed by atoms with Gasteiger partial charge in [0.25, 0.3) is 0 Å². The second-order valence-corrected chi connectivity index (χ2v) is 5.47. The molecule has 0 aliphatic carbocycles. The summed E-state index contributed by atoms with van der Waals surface area (Å²) < 4.78 is 9.21. The van der Waals surface area contributed by atoms with E-state index in [0.717, 1.165) is 46.5 Å². The van der Waals surface area contributed by atoms with E-state index < -0.39 is 0 Å². The van der Waals surface area contributed by atoms with E-state index in [1.807, 2.05) is 6.07 Å². The van der Waals surface area contributed by atoms with Crippen LogP contribution < -0.4 is 0 Å². The molecule has 0 radical (unpaired) electrons. The summed E-state index contributed by atoms with van der Waals surface area (Å²) in [7, 11) is 0. The lowest BCUT2D eigenvalue weighted by atomic mass is 10.1. The maximum absolute atomic E-state index is 5.39. The van der Waals surface area contributed by atoms with E-state index in [4.69, 9.17) is 17.0 Å². The van der Waals surface area contributed by atoms with Crippen molar-refractivity contribution in [2.45, 2.75) is 18.9 Å². The Kier molecular flexibility index (Phi) is 3.02. The third kappa shape index (κ3) is 2.05. The van der Waals surface area contributed by atoms with Gasteiger partial charge in [-0.3, -0.25) is 4.57 Å². The topological polar surface area (TPSA) is 42.8 Å². The number of hydrogen-bond donors (Lipinski definition) is 1. The average Bonchev–Trinajstić information content (AvgIpc) is 2.65. The zero-order chi connectivity index (χ0) is 11.8. The maximum Gasteiger partial charge on any atom is 0.179 e. The molecule has 17 heavy (non-hydrogen) atoms. The number of ether oxygens (including phenoxy) is 1. The zero-order valence-electron chi connectivity index (χ0n) is 9.15. The minimum Gasteiger partial charge on any atom is -0.381 e. The van der Waals surface area contributed by atoms with Crippen LogP contribution in [-0.4, -0.2) is 27.7 Å². The van der Waals surface area contributed by atoms with Gasteiger partial charge in [-0.15, -0.1) is 0 Å². The first-order chi connectivity index (χ1) is 8.25. The smallest absolute Gasteiger partial charge is 0.179 e. The number of H-pyrrole nitrogens is 1. The molecule has 0 bridgehead atoms. The minimum atomic E-state index is 0.402. The number of nitrogens with one attached hydrogen (secondary N) is 1. The number of pyridine rings is 1. The molecule has 1 fully saturated rings. The van der Waals surface area contributed by atoms with Gasteiger partial charge in [0.05, 0.1) is 5.52 Å². The van der Waals surface area contributed by atoms with Crippen LogP contribution >= 0.6 is 28.1 Å². The Hall–Kier alpha value is -0.720. The first-order valence-electron chi connectivity index (χ1n) is 5.59. The van der Waals surface area contributed by atoms with Crippen molar-refractivity contribution in [3.05, 3.63) is 21.5 Å². The number of fused-ring (bicyclic) bond motifs is 1. The van der Waals surface area contributed by atoms with Gasteiger partial charge in [0.2, 0.25) is 0 Å². The van der Waals surface area contributed by atoms with Crippen molar-refractivity contribution in [2.24, 2.45) is 0 Å². The van der Waals surface area contributed by atoms with Crippen LogP contribution in [-0.2, 0) is 4.74 Å². The van der Waals surface area contributed by atoms with E-state index in [9.17, 15) is 0 Å². The molecular formula is C11H12BrN3OS. The molecule has 2 aromatic rings. The largest absolute Gasteiger partial charge is 0.381 e. The minimum absolute atomic E-state index is 0.402. The van der Waals surface area contributed by atoms with Gasteiger partial charge >= 0.3 is 0 Å². The Morgan fingerprint density at radius 3 is 3.00 bits per heavy atom. The summed E-state index contributed by atoms with van der Waals surface area (Å²) in [6, 6.07) is 2.41. The van der Waals surface area contributed by atoms with Crippen LogP contribution in [0.15, 0.2) is 16.7 Å². The molecule has 3 heterocycles. The van der Waals surface area contributed by atoms with Gasteiger partial charge < -0.3 is 9.72 Å². The number of aromatic amines is 1. The Bertz CT molecular complexity index is 600. The Morgan fingerprint density at radius 2 is 2.24 bits per heavy atom. The second-order valence-electron chi connectivity index (χ2n) is 4.17. The number of imidazole rings is 1. The Morgan fingerprint density at radius 1 is 1.47 bits per heavy atom. The molecule has 1 aliphatic heterocycles. The monoisotopic (exact) mass is 313 g/mol. The van der Waals surface area contributed by atoms with Crippen LogP contribution in [0.4, 0.5) is 0 Å². The van der Waals surface area contributed by atoms with Crippen molar-refractivity contribution >= 4 is 39.3 Å². The number of nitrogens with zero attached hydrogens (tertiary/aromatic N) is 2. The lowest BCUT2D eigenvalue weighted by molar-refractivity contribution is 0.0701. The lowest BCUT2D eigenvalue weighted by Crippen LogP contribution is -2.19. The van der Waals surface area contributed by atoms with E-state index in [0.29, 0.717) is 6.04 Å². The number of hydrogen-bond acceptors (Lipinski definition) is 3. The third-order valence-electron chi connectivity index (χ3n) is 3.08. The van der Waals surface area contributed by atoms with Crippen molar-refractivity contribution in [1.29, 1.82) is 0 Å². The molecule has 1 saturated heterocycles. The summed E-state index contributed by atoms with van der Waals surface area (Å²) in [6.45, 7) is 1.60. The molecule has 0 atom stereocenters. The summed E-state index contributed by atoms with van der Waals surface area (Å²) in [5.41, 5.74) is 1.92. The molecule has 90 valence electrons. The molecule has 0 aromatic carbocycles. The number of aromatic nitrogens is 3. The van der Waals surface area contributed by atoms with Gasteiger partial charge in [0.1, 0.15) is 0 Å². The SMILES string of the molecule is S=c1[nH]c2cc(Br)cnc2n1C1CCOCC1. The summed E-state index contributed by atoms with van der Waals surface area (Å²) in [5, 5.41) is 0. The quantitative estimate of drug-likeness (QED) is 0.822. The van der Waals surface area contributed by atoms with Gasteiger partial charge in [0, 0.05) is 29.9 Å². The van der Waals surface area contributed by atoms with E-state index in [1.165, 1.54) is 0 Å². The molecule has 0 amide bonds. The Balaban J connectivity index is 2.14. The fraction of sp³-hybridized carbons (Fsp3) is 0.455. The van der Waals surface area contributed by atoms with Crippen molar-refractivity contribution in [1.82, 2.24) is 14.5 Å². The fourth-order valence-corrected chi connectivity index (χ4v) is 2.95. The van der Waals surface area contributed by atoms with E-state index in [1.54, 1.807) is 6.20 Å². The highest BCUT2D eigenvalue weighted by atomic mass is 79.9. The van der Waals surface area contributed by atoms with Crippen LogP contribution in [0.2, 0.25) is 0 Å². The molecule has 0 unspecified atom stereocenters. The van der Waals surface area contributed by atoms with Crippen LogP contribution in [0, 0.1) is 4.77 Å². The highest BCUT2D eigenvalue weighted by molar-refractivity contribution is 9.10. The molecule has 1 aliphatic rings. The third-order valence-corrected chi connectivity index (χ3v) is 3.81. The predicted molar refractivity (Wildman–Crippen MR) is 71.7 cm³/mol. The maximum atomic E-state index is 5.39. The highest BCUT2D eigenvalue weighted by Gasteiger charge is 2.19. The lowest BCUT2D eigenvalue weighted by Gasteiger charge is -2.23. The number of halogens is 1.